The highest BCUT2D eigenvalue weighted by Gasteiger charge is 2.30. The van der Waals surface area contributed by atoms with Crippen LogP contribution in [-0.4, -0.2) is 60.1 Å². The first-order chi connectivity index (χ1) is 56.3. The number of aryl methyl sites for hydroxylation is 10. The van der Waals surface area contributed by atoms with E-state index in [0.717, 1.165) is 61.6 Å². The molecule has 0 aliphatic heterocycles. The van der Waals surface area contributed by atoms with Crippen LogP contribution < -0.4 is 33.1 Å². The summed E-state index contributed by atoms with van der Waals surface area (Å²) >= 11 is 0. The van der Waals surface area contributed by atoms with E-state index in [0.29, 0.717) is 94.9 Å². The van der Waals surface area contributed by atoms with Crippen LogP contribution in [0.2, 0.25) is 0 Å². The van der Waals surface area contributed by atoms with Gasteiger partial charge in [-0.05, 0) is 338 Å². The summed E-state index contributed by atoms with van der Waals surface area (Å²) in [6.45, 7) is 56.8. The number of hydrogen-bond donors (Lipinski definition) is 2. The summed E-state index contributed by atoms with van der Waals surface area (Å²) in [7, 11) is -11.1. The van der Waals surface area contributed by atoms with Gasteiger partial charge in [-0.1, -0.05) is 137 Å². The molecule has 0 heterocycles. The van der Waals surface area contributed by atoms with Crippen LogP contribution in [0.5, 0.6) is 57.5 Å². The van der Waals surface area contributed by atoms with Gasteiger partial charge < -0.3 is 23.7 Å². The van der Waals surface area contributed by atoms with Gasteiger partial charge in [-0.3, -0.25) is 8.93 Å². The molecule has 0 aliphatic rings. The Morgan fingerprint density at radius 1 is 0.341 bits per heavy atom. The first-order valence-electron chi connectivity index (χ1n) is 40.8. The lowest BCUT2D eigenvalue weighted by molar-refractivity contribution is 0.445. The van der Waals surface area contributed by atoms with Crippen LogP contribution in [0.1, 0.15) is 226 Å². The lowest BCUT2D eigenvalue weighted by Gasteiger charge is -2.27. The minimum Gasteiger partial charge on any atom is -0.457 e. The molecule has 0 saturated heterocycles. The van der Waals surface area contributed by atoms with E-state index in [4.69, 9.17) is 23.7 Å². The quantitative estimate of drug-likeness (QED) is 0.0576. The average Bonchev–Trinajstić information content (AvgIpc) is 0.790. The summed E-state index contributed by atoms with van der Waals surface area (Å²) in [5.74, 6) is 8.96. The van der Waals surface area contributed by atoms with E-state index < -0.39 is 39.4 Å². The summed E-state index contributed by atoms with van der Waals surface area (Å²) in [4.78, 5) is 1.18. The Balaban J connectivity index is 0.000000238. The molecular formula is C100H127F5N2O12S4. The number of nitrogens with one attached hydrogen (secondary N) is 2. The molecule has 0 bridgehead atoms. The van der Waals surface area contributed by atoms with Crippen LogP contribution in [-0.2, 0) is 66.5 Å². The smallest absolute Gasteiger partial charge is 0.240 e. The number of benzene rings is 10. The summed E-state index contributed by atoms with van der Waals surface area (Å²) in [6, 6.07) is 41.3. The van der Waals surface area contributed by atoms with Gasteiger partial charge in [0.2, 0.25) is 20.0 Å². The van der Waals surface area contributed by atoms with Crippen molar-refractivity contribution in [3.63, 3.8) is 0 Å². The topological polar surface area (TPSA) is 190 Å². The predicted octanol–water partition coefficient (Wildman–Crippen LogP) is 27.0. The van der Waals surface area contributed by atoms with E-state index in [1.807, 2.05) is 101 Å². The fourth-order valence-electron chi connectivity index (χ4n) is 13.4. The molecule has 10 aromatic carbocycles. The van der Waals surface area contributed by atoms with Crippen molar-refractivity contribution in [2.24, 2.45) is 0 Å². The van der Waals surface area contributed by atoms with Gasteiger partial charge in [0.1, 0.15) is 86.6 Å². The lowest BCUT2D eigenvalue weighted by atomic mass is 9.80. The fourth-order valence-corrected chi connectivity index (χ4v) is 16.4. The normalized spacial score (nSPS) is 12.6. The van der Waals surface area contributed by atoms with E-state index in [2.05, 4.69) is 89.8 Å². The van der Waals surface area contributed by atoms with Crippen LogP contribution in [0.4, 0.5) is 27.6 Å². The van der Waals surface area contributed by atoms with E-state index in [1.54, 1.807) is 116 Å². The highest BCUT2D eigenvalue weighted by Crippen LogP contribution is 2.45. The molecule has 0 aromatic heterocycles. The van der Waals surface area contributed by atoms with E-state index in [1.165, 1.54) is 79.3 Å². The Bertz CT molecular complexity index is 5870. The largest absolute Gasteiger partial charge is 0.457 e. The van der Waals surface area contributed by atoms with Crippen molar-refractivity contribution in [1.82, 2.24) is 4.72 Å². The molecule has 10 aromatic rings. The van der Waals surface area contributed by atoms with Gasteiger partial charge >= 0.3 is 0 Å². The minimum atomic E-state index is -3.52. The van der Waals surface area contributed by atoms with Crippen LogP contribution in [0.15, 0.2) is 166 Å². The van der Waals surface area contributed by atoms with Crippen molar-refractivity contribution >= 4 is 51.0 Å². The van der Waals surface area contributed by atoms with Crippen LogP contribution in [0.25, 0.3) is 0 Å². The number of sulfonamides is 2. The molecule has 1 atom stereocenters. The number of halogens is 5. The first-order valence-corrected chi connectivity index (χ1v) is 47.7. The molecule has 0 spiro atoms. The zero-order valence-corrected chi connectivity index (χ0v) is 80.8. The van der Waals surface area contributed by atoms with Crippen LogP contribution >= 0.6 is 0 Å². The summed E-state index contributed by atoms with van der Waals surface area (Å²) in [5.41, 5.74) is 12.9. The molecule has 2 N–H and O–H groups in total. The molecule has 14 nitrogen and oxygen atoms in total. The third kappa shape index (κ3) is 28.0. The van der Waals surface area contributed by atoms with Gasteiger partial charge in [-0.2, -0.15) is 0 Å². The molecule has 10 rings (SSSR count). The highest BCUT2D eigenvalue weighted by molar-refractivity contribution is 7.99. The molecule has 0 radical (unpaired) electrons. The summed E-state index contributed by atoms with van der Waals surface area (Å²) in [5, 5.41) is 0. The number of hydrogen-bond acceptors (Lipinski definition) is 12. The monoisotopic (exact) mass is 1770 g/mol. The van der Waals surface area contributed by atoms with Gasteiger partial charge in [0, 0.05) is 39.1 Å². The third-order valence-corrected chi connectivity index (χ3v) is 25.9. The summed E-state index contributed by atoms with van der Waals surface area (Å²) in [6.07, 6.45) is 1.63. The van der Waals surface area contributed by atoms with Crippen LogP contribution in [0.3, 0.4) is 0 Å². The second-order valence-corrected chi connectivity index (χ2v) is 45.5. The Kier molecular flexibility index (Phi) is 33.4. The fraction of sp³-hybridized carbons (Fsp3) is 0.390. The Morgan fingerprint density at radius 3 is 0.894 bits per heavy atom. The highest BCUT2D eigenvalue weighted by atomic mass is 32.2. The lowest BCUT2D eigenvalue weighted by Crippen LogP contribution is -2.18. The number of rotatable bonds is 19. The van der Waals surface area contributed by atoms with Crippen molar-refractivity contribution in [2.75, 3.05) is 29.5 Å². The van der Waals surface area contributed by atoms with E-state index in [-0.39, 0.29) is 78.5 Å². The van der Waals surface area contributed by atoms with Gasteiger partial charge in [-0.25, -0.2) is 51.9 Å². The molecule has 668 valence electrons. The third-order valence-electron chi connectivity index (χ3n) is 20.2. The maximum atomic E-state index is 13.5. The molecule has 0 saturated carbocycles. The van der Waals surface area contributed by atoms with Gasteiger partial charge in [0.05, 0.1) is 21.3 Å². The van der Waals surface area contributed by atoms with Gasteiger partial charge in [0.15, 0.2) is 9.84 Å². The Hall–Kier alpha value is -9.52. The molecule has 1 unspecified atom stereocenters. The number of ether oxygens (including phenoxy) is 5. The maximum Gasteiger partial charge on any atom is 0.240 e. The maximum absolute atomic E-state index is 13.5. The van der Waals surface area contributed by atoms with E-state index >= 15 is 0 Å². The van der Waals surface area contributed by atoms with Crippen molar-refractivity contribution in [1.29, 1.82) is 0 Å². The first kappa shape index (κ1) is 102. The molecular weight excluding hydrogens is 1640 g/mol. The number of anilines is 1. The Labute approximate surface area is 731 Å². The minimum absolute atomic E-state index is 0.00404. The van der Waals surface area contributed by atoms with E-state index in [9.17, 15) is 51.4 Å². The molecule has 123 heavy (non-hydrogen) atoms. The number of sulfone groups is 1. The second kappa shape index (κ2) is 40.2. The molecule has 0 amide bonds. The molecule has 23 heteroatoms. The van der Waals surface area contributed by atoms with Gasteiger partial charge in [-0.15, -0.1) is 0 Å². The van der Waals surface area contributed by atoms with Crippen molar-refractivity contribution in [2.45, 2.75) is 248 Å². The Morgan fingerprint density at radius 2 is 0.610 bits per heavy atom. The van der Waals surface area contributed by atoms with Crippen molar-refractivity contribution in [3.8, 4) is 57.5 Å². The predicted molar refractivity (Wildman–Crippen MR) is 496 cm³/mol. The zero-order chi connectivity index (χ0) is 93.3. The molecule has 0 fully saturated rings. The zero-order valence-electron chi connectivity index (χ0n) is 77.6. The molecule has 0 aliphatic carbocycles. The standard InChI is InChI=1S/C22H29FO.C20H26FNO3S.C20H25FO3S.C20H25FO2S.C18H22FNO3S/c1-14-11-17(23)12-15(2)20(14)24-19-10-9-16(21(3,4)5)13-18(19)22(6,7)8;1-7-26(23,24)22-16-8-9-18(17(12-16)20(4,5)6)25-19-13(2)10-15(21)11-14(19)3;1-7-25(22,23)16-8-9-18(17(12-16)20(4,5)6)24-19-13(2)10-15(21)11-14(19)3;1-13-10-15(21)11-14(2)19(13)23-18-9-8-16(24(6,7)22)12-17(18)20(3,4)5;1-11(2)16-10-15(24(21,22)20-5)6-7-17(16)23-18-12(3)8-14(19)9-13(18)4/h9-13H,1-8H3;8-12,22H,7H2,1-6H3;8-12H,7H2,1-6H3;8-12H,6H2,1-5,7H3;6-11,20H,1-5H3. The SMILES string of the molecule is C=S(C)(=O)c1ccc(Oc2c(C)cc(F)cc2C)c(C(C)(C)C)c1.CCS(=O)(=O)Nc1ccc(Oc2c(C)cc(F)cc2C)c(C(C)(C)C)c1.CCS(=O)(=O)c1ccc(Oc2c(C)cc(F)cc2C)c(C(C)(C)C)c1.CNS(=O)(=O)c1ccc(Oc2c(C)cc(F)cc2C)c(C(C)C)c1.Cc1cc(F)cc(C)c1Oc1ccc(C(C)(C)C)cc1C(C)(C)C. The van der Waals surface area contributed by atoms with Crippen molar-refractivity contribution < 1.29 is 75.1 Å². The second-order valence-electron chi connectivity index (χ2n) is 36.8. The van der Waals surface area contributed by atoms with Gasteiger partial charge in [0.25, 0.3) is 0 Å². The van der Waals surface area contributed by atoms with Crippen molar-refractivity contribution in [3.05, 3.63) is 270 Å². The summed E-state index contributed by atoms with van der Waals surface area (Å²) < 4.78 is 187. The average molecular weight is 1770 g/mol. The van der Waals surface area contributed by atoms with Crippen LogP contribution in [0, 0.1) is 98.3 Å².